The minimum absolute atomic E-state index is 0.0358. The molecule has 0 radical (unpaired) electrons. The summed E-state index contributed by atoms with van der Waals surface area (Å²) < 4.78 is 31.4. The number of para-hydroxylation sites is 1. The summed E-state index contributed by atoms with van der Waals surface area (Å²) in [5.41, 5.74) is -4.17. The molecule has 49 heavy (non-hydrogen) atoms. The van der Waals surface area contributed by atoms with Crippen molar-refractivity contribution in [3.63, 3.8) is 0 Å². The molecule has 5 aliphatic carbocycles. The Kier molecular flexibility index (Phi) is 7.75. The van der Waals surface area contributed by atoms with Gasteiger partial charge in [-0.1, -0.05) is 26.0 Å². The first kappa shape index (κ1) is 33.7. The normalized spacial score (nSPS) is 48.0. The number of hydrogen-bond donors (Lipinski definition) is 2. The second kappa shape index (κ2) is 11.3. The molecule has 14 atom stereocenters. The summed E-state index contributed by atoms with van der Waals surface area (Å²) in [5, 5.41) is 26.6. The van der Waals surface area contributed by atoms with E-state index in [1.54, 1.807) is 59.6 Å². The topological polar surface area (TPSA) is 144 Å². The van der Waals surface area contributed by atoms with Crippen LogP contribution in [0.5, 0.6) is 0 Å². The van der Waals surface area contributed by atoms with Crippen molar-refractivity contribution in [3.05, 3.63) is 29.8 Å². The largest absolute Gasteiger partial charge is 0.461 e. The van der Waals surface area contributed by atoms with E-state index in [0.717, 1.165) is 11.3 Å². The van der Waals surface area contributed by atoms with Gasteiger partial charge in [0.25, 0.3) is 0 Å². The molecule has 7 bridgehead atoms. The number of methoxy groups -OCH3 is 4. The first-order chi connectivity index (χ1) is 23.4. The van der Waals surface area contributed by atoms with Crippen LogP contribution < -0.4 is 4.90 Å². The molecule has 0 unspecified atom stereocenters. The van der Waals surface area contributed by atoms with Gasteiger partial charge in [0.2, 0.25) is 11.8 Å². The predicted molar refractivity (Wildman–Crippen MR) is 174 cm³/mol. The van der Waals surface area contributed by atoms with E-state index in [0.29, 0.717) is 25.9 Å². The number of likely N-dealkylation sites (N-methyl/N-ethyl adjacent to an activating group) is 1. The monoisotopic (exact) mass is 682 g/mol. The molecule has 7 fully saturated rings. The van der Waals surface area contributed by atoms with Crippen molar-refractivity contribution in [2.45, 2.75) is 87.6 Å². The van der Waals surface area contributed by atoms with E-state index < -0.39 is 46.1 Å². The third-order valence-corrected chi connectivity index (χ3v) is 14.5. The lowest BCUT2D eigenvalue weighted by atomic mass is 9.42. The number of nitrogens with zero attached hydrogens (tertiary/aromatic N) is 2. The number of carbonyl (C=O) groups excluding carboxylic acids is 3. The van der Waals surface area contributed by atoms with Crippen molar-refractivity contribution in [2.75, 3.05) is 53.0 Å². The van der Waals surface area contributed by atoms with Crippen LogP contribution >= 0.6 is 0 Å². The Bertz CT molecular complexity index is 1560. The number of imide groups is 1. The van der Waals surface area contributed by atoms with E-state index in [4.69, 9.17) is 23.7 Å². The lowest BCUT2D eigenvalue weighted by Crippen LogP contribution is -2.82. The highest BCUT2D eigenvalue weighted by Crippen LogP contribution is 2.80. The quantitative estimate of drug-likeness (QED) is 0.292. The molecule has 1 spiro atoms. The number of benzene rings is 1. The van der Waals surface area contributed by atoms with Gasteiger partial charge in [0.05, 0.1) is 48.3 Å². The van der Waals surface area contributed by atoms with Crippen LogP contribution in [-0.2, 0) is 33.3 Å². The zero-order valence-electron chi connectivity index (χ0n) is 29.3. The maximum Gasteiger partial charge on any atom is 0.340 e. The van der Waals surface area contributed by atoms with E-state index in [1.807, 2.05) is 0 Å². The Labute approximate surface area is 287 Å². The lowest BCUT2D eigenvalue weighted by molar-refractivity contribution is -0.320. The first-order valence-electron chi connectivity index (χ1n) is 17.9. The van der Waals surface area contributed by atoms with Crippen molar-refractivity contribution in [1.29, 1.82) is 0 Å². The summed E-state index contributed by atoms with van der Waals surface area (Å²) in [6.07, 6.45) is 0.813. The summed E-state index contributed by atoms with van der Waals surface area (Å²) >= 11 is 0. The molecule has 2 aliphatic heterocycles. The fourth-order valence-corrected chi connectivity index (χ4v) is 13.2. The molecule has 12 heteroatoms. The summed E-state index contributed by atoms with van der Waals surface area (Å²) in [7, 11) is 6.70. The Morgan fingerprint density at radius 3 is 2.43 bits per heavy atom. The smallest absolute Gasteiger partial charge is 0.340 e. The van der Waals surface area contributed by atoms with Crippen molar-refractivity contribution in [1.82, 2.24) is 4.90 Å². The minimum atomic E-state index is -1.70. The van der Waals surface area contributed by atoms with Crippen LogP contribution in [0, 0.1) is 40.4 Å². The lowest BCUT2D eigenvalue weighted by Gasteiger charge is -2.70. The zero-order chi connectivity index (χ0) is 34.8. The number of fused-ring (bicyclic) bond motifs is 2. The minimum Gasteiger partial charge on any atom is -0.461 e. The summed E-state index contributed by atoms with van der Waals surface area (Å²) in [5.74, 6) is -2.47. The molecular weight excluding hydrogens is 632 g/mol. The molecule has 7 aliphatic rings. The third-order valence-electron chi connectivity index (χ3n) is 14.5. The SMILES string of the molecule is CCN1C[C@@]2(COC(=O)c3ccccc3N3C(=O)C[C@H](C)C3=O)CC[C@H](OC)[C@]34[C@@H]5C[C@H]6[C@H](OC)[C@@H]5[C@](O)(C[C@@H]6OC)[C@](O)([C@@H](OC)[C@H]23)[C@@H]14. The Hall–Kier alpha value is -2.45. The van der Waals surface area contributed by atoms with Crippen molar-refractivity contribution in [2.24, 2.45) is 40.4 Å². The molecule has 8 rings (SSSR count). The van der Waals surface area contributed by atoms with Gasteiger partial charge in [-0.05, 0) is 43.9 Å². The van der Waals surface area contributed by atoms with Crippen molar-refractivity contribution >= 4 is 23.5 Å². The van der Waals surface area contributed by atoms with Crippen LogP contribution in [0.2, 0.25) is 0 Å². The number of hydrogen-bond acceptors (Lipinski definition) is 11. The molecule has 268 valence electrons. The van der Waals surface area contributed by atoms with Gasteiger partial charge in [-0.25, -0.2) is 9.69 Å². The third kappa shape index (κ3) is 3.86. The number of piperidine rings is 1. The van der Waals surface area contributed by atoms with E-state index in [-0.39, 0.29) is 84.5 Å². The maximum absolute atomic E-state index is 14.1. The molecule has 2 amide bonds. The Balaban J connectivity index is 1.23. The van der Waals surface area contributed by atoms with Gasteiger partial charge >= 0.3 is 5.97 Å². The van der Waals surface area contributed by atoms with Crippen LogP contribution in [0.15, 0.2) is 24.3 Å². The van der Waals surface area contributed by atoms with Gasteiger partial charge in [-0.2, -0.15) is 0 Å². The molecule has 1 aromatic rings. The van der Waals surface area contributed by atoms with Gasteiger partial charge in [-0.3, -0.25) is 14.5 Å². The second-order valence-corrected chi connectivity index (χ2v) is 16.0. The second-order valence-electron chi connectivity index (χ2n) is 16.0. The molecule has 1 aromatic carbocycles. The van der Waals surface area contributed by atoms with Crippen LogP contribution in [0.4, 0.5) is 5.69 Å². The van der Waals surface area contributed by atoms with Crippen LogP contribution in [0.3, 0.4) is 0 Å². The molecule has 0 aromatic heterocycles. The van der Waals surface area contributed by atoms with E-state index >= 15 is 0 Å². The Morgan fingerprint density at radius 1 is 1.04 bits per heavy atom. The highest BCUT2D eigenvalue weighted by atomic mass is 16.5. The number of ether oxygens (including phenoxy) is 5. The molecule has 5 saturated carbocycles. The Morgan fingerprint density at radius 2 is 1.80 bits per heavy atom. The number of anilines is 1. The van der Waals surface area contributed by atoms with Gasteiger partial charge in [0.15, 0.2) is 0 Å². The van der Waals surface area contributed by atoms with Gasteiger partial charge in [-0.15, -0.1) is 0 Å². The van der Waals surface area contributed by atoms with E-state index in [9.17, 15) is 24.6 Å². The summed E-state index contributed by atoms with van der Waals surface area (Å²) in [6, 6.07) is 6.12. The van der Waals surface area contributed by atoms with Crippen molar-refractivity contribution in [3.8, 4) is 0 Å². The van der Waals surface area contributed by atoms with Crippen molar-refractivity contribution < 1.29 is 48.3 Å². The highest BCUT2D eigenvalue weighted by Gasteiger charge is 2.91. The maximum atomic E-state index is 14.1. The number of rotatable bonds is 9. The first-order valence-corrected chi connectivity index (χ1v) is 17.9. The number of amides is 2. The van der Waals surface area contributed by atoms with Crippen LogP contribution in [-0.4, -0.2) is 123 Å². The predicted octanol–water partition coefficient (Wildman–Crippen LogP) is 2.04. The molecule has 2 heterocycles. The van der Waals surface area contributed by atoms with E-state index in [1.165, 1.54) is 0 Å². The summed E-state index contributed by atoms with van der Waals surface area (Å²) in [6.45, 7) is 4.95. The molecular formula is C37H50N2O10. The highest BCUT2D eigenvalue weighted by molar-refractivity contribution is 6.22. The van der Waals surface area contributed by atoms with E-state index in [2.05, 4.69) is 11.8 Å². The molecule has 2 N–H and O–H groups in total. The van der Waals surface area contributed by atoms with Gasteiger partial charge in [0.1, 0.15) is 11.2 Å². The average molecular weight is 683 g/mol. The fraction of sp³-hybridized carbons (Fsp3) is 0.757. The standard InChI is InChI=1S/C37H50N2O10/c1-7-38-17-34(18-49-32(42)20-10-8-9-11-23(20)39-26(40)14-19(2)31(39)41)13-12-25(46-4)36-22-15-21-24(45-3)16-35(43,27(22)28(21)47-5)37(44,33(36)38)30(48-6)29(34)36/h8-11,19,21-22,24-25,27-30,33,43-44H,7,12-18H2,1-6H3/t19-,21+,22+,24-,25-,27+,28-,29+,30-,33-,34+,35+,36+,37-/m0/s1. The number of aliphatic hydroxyl groups is 2. The van der Waals surface area contributed by atoms with Gasteiger partial charge in [0, 0.05) is 82.3 Å². The van der Waals surface area contributed by atoms with Crippen LogP contribution in [0.25, 0.3) is 0 Å². The zero-order valence-corrected chi connectivity index (χ0v) is 29.3. The summed E-state index contributed by atoms with van der Waals surface area (Å²) in [4.78, 5) is 43.3. The molecule has 12 nitrogen and oxygen atoms in total. The molecule has 2 saturated heterocycles. The number of carbonyl (C=O) groups is 3. The van der Waals surface area contributed by atoms with Gasteiger partial charge < -0.3 is 33.9 Å². The number of likely N-dealkylation sites (tertiary alicyclic amines) is 1. The number of esters is 1. The average Bonchev–Trinajstić information content (AvgIpc) is 3.63. The fourth-order valence-electron chi connectivity index (χ4n) is 13.2. The van der Waals surface area contributed by atoms with Crippen LogP contribution in [0.1, 0.15) is 56.3 Å².